The summed E-state index contributed by atoms with van der Waals surface area (Å²) in [6, 6.07) is 0. The predicted octanol–water partition coefficient (Wildman–Crippen LogP) is 3.89. The Balaban J connectivity index is 2.62. The van der Waals surface area contributed by atoms with E-state index in [0.717, 1.165) is 16.6 Å². The molecular weight excluding hydrogens is 385 g/mol. The second kappa shape index (κ2) is 7.89. The zero-order valence-electron chi connectivity index (χ0n) is 19.8. The van der Waals surface area contributed by atoms with Gasteiger partial charge in [-0.2, -0.15) is 0 Å². The molecule has 1 aromatic carbocycles. The van der Waals surface area contributed by atoms with Crippen LogP contribution in [0.1, 0.15) is 70.7 Å². The first-order valence-electron chi connectivity index (χ1n) is 10.2. The molecule has 1 aromatic rings. The van der Waals surface area contributed by atoms with E-state index in [1.807, 2.05) is 41.5 Å². The molecule has 0 spiro atoms. The van der Waals surface area contributed by atoms with Gasteiger partial charge in [-0.3, -0.25) is 10.1 Å². The Kier molecular flexibility index (Phi) is 6.37. The van der Waals surface area contributed by atoms with Crippen molar-refractivity contribution in [1.82, 2.24) is 0 Å². The van der Waals surface area contributed by atoms with Crippen LogP contribution in [0.4, 0.5) is 10.5 Å². The van der Waals surface area contributed by atoms with E-state index >= 15 is 0 Å². The largest absolute Gasteiger partial charge is 0.495 e. The van der Waals surface area contributed by atoms with Gasteiger partial charge in [0.05, 0.1) is 17.6 Å². The van der Waals surface area contributed by atoms with Crippen molar-refractivity contribution in [3.05, 3.63) is 22.3 Å². The summed E-state index contributed by atoms with van der Waals surface area (Å²) >= 11 is 0. The number of aliphatic carboxylic acids is 1. The molecule has 8 heteroatoms. The first-order valence-corrected chi connectivity index (χ1v) is 10.2. The van der Waals surface area contributed by atoms with Gasteiger partial charge in [-0.15, -0.1) is 0 Å². The van der Waals surface area contributed by atoms with E-state index in [2.05, 4.69) is 5.32 Å². The van der Waals surface area contributed by atoms with Gasteiger partial charge in [0.15, 0.2) is 0 Å². The fourth-order valence-electron chi connectivity index (χ4n) is 3.62. The van der Waals surface area contributed by atoms with Gasteiger partial charge in [-0.25, -0.2) is 4.79 Å². The molecule has 0 aromatic heterocycles. The molecule has 0 aliphatic carbocycles. The highest BCUT2D eigenvalue weighted by Crippen LogP contribution is 2.38. The predicted molar refractivity (Wildman–Crippen MR) is 118 cm³/mol. The molecule has 0 radical (unpaired) electrons. The van der Waals surface area contributed by atoms with Crippen molar-refractivity contribution in [2.45, 2.75) is 92.5 Å². The van der Waals surface area contributed by atoms with Crippen LogP contribution < -0.4 is 10.8 Å². The van der Waals surface area contributed by atoms with Crippen LogP contribution in [-0.2, 0) is 25.3 Å². The second-order valence-corrected chi connectivity index (χ2v) is 9.93. The lowest BCUT2D eigenvalue weighted by Gasteiger charge is -2.32. The molecule has 0 unspecified atom stereocenters. The minimum absolute atomic E-state index is 0.173. The summed E-state index contributed by atoms with van der Waals surface area (Å²) in [6.07, 6.45) is -0.772. The number of carboxylic acids is 1. The molecule has 1 aliphatic heterocycles. The van der Waals surface area contributed by atoms with Gasteiger partial charge in [-0.05, 0) is 97.0 Å². The van der Waals surface area contributed by atoms with Crippen molar-refractivity contribution in [2.24, 2.45) is 0 Å². The summed E-state index contributed by atoms with van der Waals surface area (Å²) < 4.78 is 17.9. The first kappa shape index (κ1) is 24.2. The third-order valence-corrected chi connectivity index (χ3v) is 5.91. The van der Waals surface area contributed by atoms with Crippen LogP contribution in [0.2, 0.25) is 0 Å². The van der Waals surface area contributed by atoms with Crippen molar-refractivity contribution < 1.29 is 28.7 Å². The van der Waals surface area contributed by atoms with Gasteiger partial charge < -0.3 is 19.2 Å². The smallest absolute Gasteiger partial charge is 0.481 e. The van der Waals surface area contributed by atoms with Gasteiger partial charge in [0, 0.05) is 5.69 Å². The topological polar surface area (TPSA) is 94.1 Å². The number of nitrogens with one attached hydrogen (secondary N) is 1. The molecule has 1 fully saturated rings. The Morgan fingerprint density at radius 2 is 1.50 bits per heavy atom. The number of carboxylic acid groups (broad SMARTS) is 1. The molecule has 0 bridgehead atoms. The van der Waals surface area contributed by atoms with E-state index < -0.39 is 36.0 Å². The molecule has 2 rings (SSSR count). The number of carbonyl (C=O) groups excluding carboxylic acids is 1. The van der Waals surface area contributed by atoms with E-state index in [1.54, 1.807) is 27.7 Å². The number of amides is 1. The Labute approximate surface area is 179 Å². The summed E-state index contributed by atoms with van der Waals surface area (Å²) in [7, 11) is -0.678. The number of hydrogen-bond donors (Lipinski definition) is 2. The average Bonchev–Trinajstić information content (AvgIpc) is 2.74. The van der Waals surface area contributed by atoms with Crippen molar-refractivity contribution in [2.75, 3.05) is 5.32 Å². The van der Waals surface area contributed by atoms with Crippen LogP contribution in [0.5, 0.6) is 0 Å². The highest BCUT2D eigenvalue weighted by Gasteiger charge is 2.52. The molecule has 0 saturated carbocycles. The summed E-state index contributed by atoms with van der Waals surface area (Å²) in [4.78, 5) is 24.0. The third kappa shape index (κ3) is 4.81. The Morgan fingerprint density at radius 3 is 1.93 bits per heavy atom. The lowest BCUT2D eigenvalue weighted by Crippen LogP contribution is -2.41. The molecule has 166 valence electrons. The van der Waals surface area contributed by atoms with E-state index in [-0.39, 0.29) is 6.42 Å². The number of ether oxygens (including phenoxy) is 1. The monoisotopic (exact) mass is 419 g/mol. The summed E-state index contributed by atoms with van der Waals surface area (Å²) in [5.41, 5.74) is 2.39. The summed E-state index contributed by atoms with van der Waals surface area (Å²) in [5.74, 6) is -0.951. The number of carbonyl (C=O) groups is 2. The minimum Gasteiger partial charge on any atom is -0.481 e. The van der Waals surface area contributed by atoms with Crippen LogP contribution in [-0.4, -0.2) is 41.1 Å². The standard InChI is InChI=1S/C22H34BNO6/c1-12-15(11-16(25)26)13(2)18(24-19(27)28-20(4,5)6)14(3)17(12)23-29-21(7,8)22(9,10)30-23/h11H2,1-10H3,(H,24,27)(H,25,26). The lowest BCUT2D eigenvalue weighted by atomic mass is 9.70. The van der Waals surface area contributed by atoms with Gasteiger partial charge in [0.25, 0.3) is 0 Å². The second-order valence-electron chi connectivity index (χ2n) is 9.93. The SMILES string of the molecule is Cc1c(CC(=O)O)c(C)c(B2OC(C)(C)C(C)(C)O2)c(C)c1NC(=O)OC(C)(C)C. The van der Waals surface area contributed by atoms with Gasteiger partial charge in [0.2, 0.25) is 0 Å². The van der Waals surface area contributed by atoms with Crippen molar-refractivity contribution in [1.29, 1.82) is 0 Å². The molecule has 1 aliphatic rings. The van der Waals surface area contributed by atoms with E-state index in [9.17, 15) is 14.7 Å². The maximum absolute atomic E-state index is 12.5. The Morgan fingerprint density at radius 1 is 1.00 bits per heavy atom. The van der Waals surface area contributed by atoms with Crippen molar-refractivity contribution >= 4 is 30.3 Å². The van der Waals surface area contributed by atoms with Crippen LogP contribution >= 0.6 is 0 Å². The Bertz CT molecular complexity index is 854. The lowest BCUT2D eigenvalue weighted by molar-refractivity contribution is -0.136. The molecule has 2 N–H and O–H groups in total. The zero-order chi connectivity index (χ0) is 23.2. The maximum atomic E-state index is 12.5. The van der Waals surface area contributed by atoms with E-state index in [0.29, 0.717) is 16.8 Å². The van der Waals surface area contributed by atoms with Gasteiger partial charge in [0.1, 0.15) is 5.60 Å². The quantitative estimate of drug-likeness (QED) is 0.720. The van der Waals surface area contributed by atoms with Gasteiger partial charge >= 0.3 is 19.2 Å². The van der Waals surface area contributed by atoms with Crippen LogP contribution in [0, 0.1) is 20.8 Å². The normalized spacial score (nSPS) is 17.7. The number of hydrogen-bond acceptors (Lipinski definition) is 5. The highest BCUT2D eigenvalue weighted by atomic mass is 16.7. The van der Waals surface area contributed by atoms with E-state index in [1.165, 1.54) is 0 Å². The van der Waals surface area contributed by atoms with Crippen molar-refractivity contribution in [3.8, 4) is 0 Å². The fraction of sp³-hybridized carbons (Fsp3) is 0.636. The fourth-order valence-corrected chi connectivity index (χ4v) is 3.62. The summed E-state index contributed by atoms with van der Waals surface area (Å²) in [6.45, 7) is 18.8. The summed E-state index contributed by atoms with van der Waals surface area (Å²) in [5, 5.41) is 12.3. The molecule has 7 nitrogen and oxygen atoms in total. The molecule has 0 atom stereocenters. The number of anilines is 1. The van der Waals surface area contributed by atoms with Gasteiger partial charge in [-0.1, -0.05) is 0 Å². The Hall–Kier alpha value is -2.06. The van der Waals surface area contributed by atoms with Crippen LogP contribution in [0.25, 0.3) is 0 Å². The first-order chi connectivity index (χ1) is 13.5. The van der Waals surface area contributed by atoms with E-state index in [4.69, 9.17) is 14.0 Å². The maximum Gasteiger partial charge on any atom is 0.495 e. The highest BCUT2D eigenvalue weighted by molar-refractivity contribution is 6.63. The van der Waals surface area contributed by atoms with Crippen molar-refractivity contribution in [3.63, 3.8) is 0 Å². The third-order valence-electron chi connectivity index (χ3n) is 5.91. The number of rotatable bonds is 4. The molecular formula is C22H34BNO6. The average molecular weight is 419 g/mol. The van der Waals surface area contributed by atoms with Crippen LogP contribution in [0.3, 0.4) is 0 Å². The molecule has 30 heavy (non-hydrogen) atoms. The molecule has 1 heterocycles. The molecule has 1 saturated heterocycles. The zero-order valence-corrected chi connectivity index (χ0v) is 19.8. The van der Waals surface area contributed by atoms with Crippen LogP contribution in [0.15, 0.2) is 0 Å². The number of benzene rings is 1. The minimum atomic E-state index is -0.951. The molecule has 1 amide bonds.